The fraction of sp³-hybridized carbons (Fsp3) is 0.308. The molecular formula is C13H11Cl3N2O4. The van der Waals surface area contributed by atoms with E-state index < -0.39 is 3.79 Å². The molecule has 0 radical (unpaired) electrons. The van der Waals surface area contributed by atoms with Gasteiger partial charge in [-0.2, -0.15) is 0 Å². The summed E-state index contributed by atoms with van der Waals surface area (Å²) in [4.78, 5) is 10.6. The molecule has 0 aliphatic rings. The van der Waals surface area contributed by atoms with Gasteiger partial charge in [0.15, 0.2) is 0 Å². The SMILES string of the molecule is CC(=O)OCCOc1ccc(-c2nnc(C(Cl)(Cl)Cl)o2)cc1. The van der Waals surface area contributed by atoms with Crippen LogP contribution in [0.2, 0.25) is 0 Å². The molecule has 1 heterocycles. The van der Waals surface area contributed by atoms with Crippen LogP contribution < -0.4 is 4.74 Å². The molecule has 0 N–H and O–H groups in total. The molecule has 1 aromatic carbocycles. The van der Waals surface area contributed by atoms with Gasteiger partial charge in [0.1, 0.15) is 19.0 Å². The van der Waals surface area contributed by atoms with Crippen molar-refractivity contribution in [3.05, 3.63) is 30.2 Å². The summed E-state index contributed by atoms with van der Waals surface area (Å²) in [5.41, 5.74) is 0.653. The molecule has 0 saturated heterocycles. The Hall–Kier alpha value is -1.50. The normalized spacial score (nSPS) is 11.3. The number of carbonyl (C=O) groups excluding carboxylic acids is 1. The van der Waals surface area contributed by atoms with Gasteiger partial charge < -0.3 is 13.9 Å². The molecule has 0 unspecified atom stereocenters. The predicted octanol–water partition coefficient (Wildman–Crippen LogP) is 3.51. The number of halogens is 3. The summed E-state index contributed by atoms with van der Waals surface area (Å²) < 4.78 is 13.7. The topological polar surface area (TPSA) is 74.5 Å². The Labute approximate surface area is 141 Å². The van der Waals surface area contributed by atoms with Gasteiger partial charge in [-0.3, -0.25) is 4.79 Å². The predicted molar refractivity (Wildman–Crippen MR) is 81.1 cm³/mol. The minimum absolute atomic E-state index is 0.103. The summed E-state index contributed by atoms with van der Waals surface area (Å²) >= 11 is 17.0. The number of hydrogen-bond acceptors (Lipinski definition) is 6. The number of carbonyl (C=O) groups is 1. The lowest BCUT2D eigenvalue weighted by atomic mass is 10.2. The van der Waals surface area contributed by atoms with E-state index in [-0.39, 0.29) is 31.0 Å². The molecule has 0 aliphatic carbocycles. The van der Waals surface area contributed by atoms with Crippen molar-refractivity contribution in [2.24, 2.45) is 0 Å². The number of benzene rings is 1. The lowest BCUT2D eigenvalue weighted by Gasteiger charge is -2.06. The van der Waals surface area contributed by atoms with E-state index in [1.807, 2.05) is 0 Å². The van der Waals surface area contributed by atoms with Gasteiger partial charge >= 0.3 is 5.97 Å². The minimum atomic E-state index is -1.76. The summed E-state index contributed by atoms with van der Waals surface area (Å²) in [6.45, 7) is 1.79. The highest BCUT2D eigenvalue weighted by Gasteiger charge is 2.30. The van der Waals surface area contributed by atoms with E-state index in [0.29, 0.717) is 11.3 Å². The standard InChI is InChI=1S/C13H11Cl3N2O4/c1-8(19)20-6-7-21-10-4-2-9(3-5-10)11-17-18-12(22-11)13(14,15)16/h2-5H,6-7H2,1H3. The zero-order chi connectivity index (χ0) is 16.2. The van der Waals surface area contributed by atoms with Gasteiger partial charge in [-0.05, 0) is 24.3 Å². The number of rotatable bonds is 5. The summed E-state index contributed by atoms with van der Waals surface area (Å²) in [5, 5.41) is 7.48. The van der Waals surface area contributed by atoms with E-state index in [9.17, 15) is 4.79 Å². The number of ether oxygens (including phenoxy) is 2. The molecule has 1 aromatic heterocycles. The molecule has 0 spiro atoms. The first kappa shape index (κ1) is 16.9. The van der Waals surface area contributed by atoms with Gasteiger partial charge in [0.25, 0.3) is 9.68 Å². The van der Waals surface area contributed by atoms with Gasteiger partial charge in [0, 0.05) is 12.5 Å². The van der Waals surface area contributed by atoms with Crippen molar-refractivity contribution in [1.82, 2.24) is 10.2 Å². The van der Waals surface area contributed by atoms with E-state index in [1.165, 1.54) is 6.92 Å². The van der Waals surface area contributed by atoms with Gasteiger partial charge in [-0.25, -0.2) is 0 Å². The lowest BCUT2D eigenvalue weighted by molar-refractivity contribution is -0.141. The number of esters is 1. The second-order valence-corrected chi connectivity index (χ2v) is 6.40. The van der Waals surface area contributed by atoms with E-state index >= 15 is 0 Å². The van der Waals surface area contributed by atoms with Gasteiger partial charge in [-0.15, -0.1) is 10.2 Å². The highest BCUT2D eigenvalue weighted by Crippen LogP contribution is 2.38. The molecule has 118 valence electrons. The summed E-state index contributed by atoms with van der Waals surface area (Å²) in [6.07, 6.45) is 0. The summed E-state index contributed by atoms with van der Waals surface area (Å²) in [6, 6.07) is 6.86. The minimum Gasteiger partial charge on any atom is -0.490 e. The van der Waals surface area contributed by atoms with E-state index in [2.05, 4.69) is 10.2 Å². The third-order valence-corrected chi connectivity index (χ3v) is 2.91. The molecule has 0 bridgehead atoms. The molecule has 0 fully saturated rings. The van der Waals surface area contributed by atoms with Crippen LogP contribution in [0, 0.1) is 0 Å². The van der Waals surface area contributed by atoms with Crippen molar-refractivity contribution in [3.8, 4) is 17.2 Å². The summed E-state index contributed by atoms with van der Waals surface area (Å²) in [5.74, 6) is 0.388. The number of alkyl halides is 3. The van der Waals surface area contributed by atoms with Gasteiger partial charge in [0.05, 0.1) is 0 Å². The Balaban J connectivity index is 1.97. The highest BCUT2D eigenvalue weighted by atomic mass is 35.6. The molecule has 9 heteroatoms. The quantitative estimate of drug-likeness (QED) is 0.458. The van der Waals surface area contributed by atoms with Crippen LogP contribution >= 0.6 is 34.8 Å². The fourth-order valence-electron chi connectivity index (χ4n) is 1.49. The zero-order valence-electron chi connectivity index (χ0n) is 11.4. The average molecular weight is 366 g/mol. The number of aromatic nitrogens is 2. The van der Waals surface area contributed by atoms with E-state index in [4.69, 9.17) is 48.7 Å². The van der Waals surface area contributed by atoms with Crippen molar-refractivity contribution < 1.29 is 18.7 Å². The second kappa shape index (κ2) is 7.17. The van der Waals surface area contributed by atoms with Crippen molar-refractivity contribution in [1.29, 1.82) is 0 Å². The lowest BCUT2D eigenvalue weighted by Crippen LogP contribution is -2.09. The molecule has 2 aromatic rings. The summed E-state index contributed by atoms with van der Waals surface area (Å²) in [7, 11) is 0. The first-order valence-electron chi connectivity index (χ1n) is 6.13. The Kier molecular flexibility index (Phi) is 5.50. The van der Waals surface area contributed by atoms with E-state index in [0.717, 1.165) is 0 Å². The van der Waals surface area contributed by atoms with Crippen molar-refractivity contribution in [2.45, 2.75) is 10.7 Å². The van der Waals surface area contributed by atoms with Crippen molar-refractivity contribution in [3.63, 3.8) is 0 Å². The molecule has 0 atom stereocenters. The molecule has 22 heavy (non-hydrogen) atoms. The third-order valence-electron chi connectivity index (χ3n) is 2.43. The van der Waals surface area contributed by atoms with Crippen LogP contribution in [0.3, 0.4) is 0 Å². The Morgan fingerprint density at radius 3 is 2.41 bits per heavy atom. The first-order chi connectivity index (χ1) is 10.4. The van der Waals surface area contributed by atoms with Crippen LogP contribution in [-0.4, -0.2) is 29.4 Å². The monoisotopic (exact) mass is 364 g/mol. The molecule has 0 amide bonds. The van der Waals surface area contributed by atoms with Crippen LogP contribution in [0.1, 0.15) is 12.8 Å². The Morgan fingerprint density at radius 1 is 1.18 bits per heavy atom. The largest absolute Gasteiger partial charge is 0.490 e. The van der Waals surface area contributed by atoms with Crippen molar-refractivity contribution in [2.75, 3.05) is 13.2 Å². The van der Waals surface area contributed by atoms with Gasteiger partial charge in [0.2, 0.25) is 5.89 Å². The average Bonchev–Trinajstić information content (AvgIpc) is 2.94. The van der Waals surface area contributed by atoms with Crippen LogP contribution in [0.4, 0.5) is 0 Å². The van der Waals surface area contributed by atoms with E-state index in [1.54, 1.807) is 24.3 Å². The molecule has 0 saturated carbocycles. The molecule has 2 rings (SSSR count). The second-order valence-electron chi connectivity index (χ2n) is 4.12. The van der Waals surface area contributed by atoms with Crippen LogP contribution in [0.25, 0.3) is 11.5 Å². The Morgan fingerprint density at radius 2 is 1.86 bits per heavy atom. The maximum atomic E-state index is 10.6. The van der Waals surface area contributed by atoms with Crippen molar-refractivity contribution >= 4 is 40.8 Å². The number of hydrogen-bond donors (Lipinski definition) is 0. The van der Waals surface area contributed by atoms with Crippen LogP contribution in [-0.2, 0) is 13.3 Å². The first-order valence-corrected chi connectivity index (χ1v) is 7.27. The van der Waals surface area contributed by atoms with Crippen LogP contribution in [0.5, 0.6) is 5.75 Å². The fourth-order valence-corrected chi connectivity index (χ4v) is 1.72. The zero-order valence-corrected chi connectivity index (χ0v) is 13.7. The number of nitrogens with zero attached hydrogens (tertiary/aromatic N) is 2. The maximum absolute atomic E-state index is 10.6. The smallest absolute Gasteiger partial charge is 0.302 e. The molecule has 0 aliphatic heterocycles. The van der Waals surface area contributed by atoms with Gasteiger partial charge in [-0.1, -0.05) is 34.8 Å². The van der Waals surface area contributed by atoms with Crippen LogP contribution in [0.15, 0.2) is 28.7 Å². The maximum Gasteiger partial charge on any atom is 0.302 e. The third kappa shape index (κ3) is 4.76. The highest BCUT2D eigenvalue weighted by molar-refractivity contribution is 6.66. The molecule has 6 nitrogen and oxygen atoms in total. The Bertz CT molecular complexity index is 637. The molecular weight excluding hydrogens is 355 g/mol.